The van der Waals surface area contributed by atoms with Crippen LogP contribution in [-0.4, -0.2) is 35.5 Å². The molecule has 2 heterocycles. The Bertz CT molecular complexity index is 538. The van der Waals surface area contributed by atoms with Crippen LogP contribution >= 0.6 is 15.9 Å². The summed E-state index contributed by atoms with van der Waals surface area (Å²) in [4.78, 5) is 13.3. The van der Waals surface area contributed by atoms with Gasteiger partial charge in [-0.3, -0.25) is 10.1 Å². The molecule has 21 heavy (non-hydrogen) atoms. The quantitative estimate of drug-likeness (QED) is 0.663. The van der Waals surface area contributed by atoms with Crippen LogP contribution < -0.4 is 5.32 Å². The van der Waals surface area contributed by atoms with E-state index in [1.165, 1.54) is 25.7 Å². The molecule has 1 aromatic rings. The van der Waals surface area contributed by atoms with Crippen molar-refractivity contribution >= 4 is 27.3 Å². The second-order valence-electron chi connectivity index (χ2n) is 6.19. The zero-order valence-corrected chi connectivity index (χ0v) is 13.7. The van der Waals surface area contributed by atoms with Gasteiger partial charge in [-0.25, -0.2) is 0 Å². The first-order valence-electron chi connectivity index (χ1n) is 7.44. The molecule has 2 aliphatic heterocycles. The van der Waals surface area contributed by atoms with Gasteiger partial charge in [-0.15, -0.1) is 0 Å². The van der Waals surface area contributed by atoms with E-state index < -0.39 is 0 Å². The van der Waals surface area contributed by atoms with Crippen molar-refractivity contribution in [1.82, 2.24) is 4.90 Å². The summed E-state index contributed by atoms with van der Waals surface area (Å²) in [5.74, 6) is 0.613. The minimum atomic E-state index is -0.328. The molecule has 5 nitrogen and oxygen atoms in total. The normalized spacial score (nSPS) is 28.6. The predicted molar refractivity (Wildman–Crippen MR) is 86.6 cm³/mol. The lowest BCUT2D eigenvalue weighted by atomic mass is 9.91. The lowest BCUT2D eigenvalue weighted by Crippen LogP contribution is -2.41. The zero-order chi connectivity index (χ0) is 15.0. The molecule has 1 N–H and O–H groups in total. The first-order chi connectivity index (χ1) is 10.0. The Morgan fingerprint density at radius 3 is 2.67 bits per heavy atom. The van der Waals surface area contributed by atoms with Gasteiger partial charge < -0.3 is 10.2 Å². The van der Waals surface area contributed by atoms with Crippen LogP contribution in [0.25, 0.3) is 0 Å². The molecule has 0 amide bonds. The van der Waals surface area contributed by atoms with E-state index in [2.05, 4.69) is 33.2 Å². The van der Waals surface area contributed by atoms with Crippen molar-refractivity contribution in [2.45, 2.75) is 37.8 Å². The van der Waals surface area contributed by atoms with E-state index in [0.717, 1.165) is 11.0 Å². The summed E-state index contributed by atoms with van der Waals surface area (Å²) in [5.41, 5.74) is 0.759. The first kappa shape index (κ1) is 14.8. The Kier molecular flexibility index (Phi) is 4.17. The second kappa shape index (κ2) is 5.93. The molecule has 2 bridgehead atoms. The van der Waals surface area contributed by atoms with Gasteiger partial charge in [-0.1, -0.05) is 15.9 Å². The average Bonchev–Trinajstić information content (AvgIpc) is 2.68. The molecule has 2 unspecified atom stereocenters. The number of nitro benzene ring substituents is 1. The van der Waals surface area contributed by atoms with Gasteiger partial charge in [0.15, 0.2) is 0 Å². The number of nitrogens with one attached hydrogen (secondary N) is 1. The van der Waals surface area contributed by atoms with Crippen LogP contribution in [0.4, 0.5) is 11.4 Å². The SMILES string of the molecule is CN1C2CCC1CC(CNc1ccc(Br)cc1[N+](=O)[O-])C2. The Morgan fingerprint density at radius 2 is 2.05 bits per heavy atom. The van der Waals surface area contributed by atoms with Crippen LogP contribution in [0.5, 0.6) is 0 Å². The number of nitro groups is 1. The number of hydrogen-bond donors (Lipinski definition) is 1. The van der Waals surface area contributed by atoms with Gasteiger partial charge in [0.05, 0.1) is 4.92 Å². The summed E-state index contributed by atoms with van der Waals surface area (Å²) >= 11 is 3.29. The highest BCUT2D eigenvalue weighted by Gasteiger charge is 2.38. The summed E-state index contributed by atoms with van der Waals surface area (Å²) in [6.45, 7) is 0.823. The van der Waals surface area contributed by atoms with Crippen LogP contribution in [0.3, 0.4) is 0 Å². The number of benzene rings is 1. The second-order valence-corrected chi connectivity index (χ2v) is 7.10. The monoisotopic (exact) mass is 353 g/mol. The number of hydrogen-bond acceptors (Lipinski definition) is 4. The number of rotatable bonds is 4. The molecule has 0 spiro atoms. The molecule has 1 aromatic carbocycles. The summed E-state index contributed by atoms with van der Waals surface area (Å²) in [5, 5.41) is 14.4. The lowest BCUT2D eigenvalue weighted by molar-refractivity contribution is -0.384. The third-order valence-electron chi connectivity index (χ3n) is 4.93. The largest absolute Gasteiger partial charge is 0.379 e. The predicted octanol–water partition coefficient (Wildman–Crippen LogP) is 3.64. The number of fused-ring (bicyclic) bond motifs is 2. The van der Waals surface area contributed by atoms with Gasteiger partial charge >= 0.3 is 0 Å². The first-order valence-corrected chi connectivity index (χ1v) is 8.23. The molecule has 114 valence electrons. The molecule has 0 radical (unpaired) electrons. The summed E-state index contributed by atoms with van der Waals surface area (Å²) in [6, 6.07) is 6.59. The van der Waals surface area contributed by atoms with E-state index in [-0.39, 0.29) is 10.6 Å². The number of anilines is 1. The summed E-state index contributed by atoms with van der Waals surface area (Å²) in [6.07, 6.45) is 5.00. The Morgan fingerprint density at radius 1 is 1.38 bits per heavy atom. The molecule has 2 aliphatic rings. The lowest BCUT2D eigenvalue weighted by Gasteiger charge is -2.36. The maximum absolute atomic E-state index is 11.1. The number of nitrogens with zero attached hydrogens (tertiary/aromatic N) is 2. The van der Waals surface area contributed by atoms with Crippen LogP contribution in [0.2, 0.25) is 0 Å². The van der Waals surface area contributed by atoms with Crippen LogP contribution in [0.1, 0.15) is 25.7 Å². The minimum Gasteiger partial charge on any atom is -0.379 e. The average molecular weight is 354 g/mol. The third kappa shape index (κ3) is 3.06. The topological polar surface area (TPSA) is 58.4 Å². The van der Waals surface area contributed by atoms with Gasteiger partial charge in [0.1, 0.15) is 5.69 Å². The highest BCUT2D eigenvalue weighted by atomic mass is 79.9. The molecule has 2 saturated heterocycles. The maximum Gasteiger partial charge on any atom is 0.293 e. The standard InChI is InChI=1S/C15H20BrN3O2/c1-18-12-3-4-13(18)7-10(6-12)9-17-14-5-2-11(16)8-15(14)19(20)21/h2,5,8,10,12-13,17H,3-4,6-7,9H2,1H3. The van der Waals surface area contributed by atoms with Gasteiger partial charge in [0.25, 0.3) is 5.69 Å². The van der Waals surface area contributed by atoms with Gasteiger partial charge in [0, 0.05) is 29.2 Å². The van der Waals surface area contributed by atoms with Gasteiger partial charge in [-0.2, -0.15) is 0 Å². The third-order valence-corrected chi connectivity index (χ3v) is 5.43. The Balaban J connectivity index is 1.65. The highest BCUT2D eigenvalue weighted by molar-refractivity contribution is 9.10. The molecule has 6 heteroatoms. The van der Waals surface area contributed by atoms with E-state index in [1.54, 1.807) is 12.1 Å². The number of piperidine rings is 1. The van der Waals surface area contributed by atoms with Crippen molar-refractivity contribution in [3.63, 3.8) is 0 Å². The van der Waals surface area contributed by atoms with Crippen molar-refractivity contribution in [3.8, 4) is 0 Å². The fourth-order valence-corrected chi connectivity index (χ4v) is 4.10. The molecule has 0 aliphatic carbocycles. The van der Waals surface area contributed by atoms with Crippen molar-refractivity contribution in [1.29, 1.82) is 0 Å². The molecule has 3 rings (SSSR count). The van der Waals surface area contributed by atoms with Crippen LogP contribution in [0.15, 0.2) is 22.7 Å². The zero-order valence-electron chi connectivity index (χ0n) is 12.1. The van der Waals surface area contributed by atoms with E-state index in [0.29, 0.717) is 23.7 Å². The van der Waals surface area contributed by atoms with Gasteiger partial charge in [0.2, 0.25) is 0 Å². The number of halogens is 1. The van der Waals surface area contributed by atoms with E-state index >= 15 is 0 Å². The minimum absolute atomic E-state index is 0.139. The molecule has 2 atom stereocenters. The molecular weight excluding hydrogens is 334 g/mol. The Hall–Kier alpha value is -1.14. The fourth-order valence-electron chi connectivity index (χ4n) is 3.75. The van der Waals surface area contributed by atoms with E-state index in [4.69, 9.17) is 0 Å². The van der Waals surface area contributed by atoms with Crippen LogP contribution in [0, 0.1) is 16.0 Å². The summed E-state index contributed by atoms with van der Waals surface area (Å²) < 4.78 is 0.733. The molecular formula is C15H20BrN3O2. The van der Waals surface area contributed by atoms with Crippen LogP contribution in [-0.2, 0) is 0 Å². The smallest absolute Gasteiger partial charge is 0.293 e. The maximum atomic E-state index is 11.1. The molecule has 2 fully saturated rings. The van der Waals surface area contributed by atoms with Crippen molar-refractivity contribution in [2.24, 2.45) is 5.92 Å². The molecule has 0 saturated carbocycles. The van der Waals surface area contributed by atoms with Crippen molar-refractivity contribution in [2.75, 3.05) is 18.9 Å². The fraction of sp³-hybridized carbons (Fsp3) is 0.600. The van der Waals surface area contributed by atoms with Crippen molar-refractivity contribution < 1.29 is 4.92 Å². The van der Waals surface area contributed by atoms with E-state index in [9.17, 15) is 10.1 Å². The Labute approximate surface area is 133 Å². The van der Waals surface area contributed by atoms with Crippen molar-refractivity contribution in [3.05, 3.63) is 32.8 Å². The molecule has 0 aromatic heterocycles. The van der Waals surface area contributed by atoms with Gasteiger partial charge in [-0.05, 0) is 50.8 Å². The van der Waals surface area contributed by atoms with E-state index in [1.807, 2.05) is 6.07 Å². The summed E-state index contributed by atoms with van der Waals surface area (Å²) in [7, 11) is 2.23. The highest BCUT2D eigenvalue weighted by Crippen LogP contribution is 2.38.